The highest BCUT2D eigenvalue weighted by molar-refractivity contribution is 5.98. The van der Waals surface area contributed by atoms with Gasteiger partial charge in [0, 0.05) is 31.7 Å². The van der Waals surface area contributed by atoms with E-state index in [1.807, 2.05) is 0 Å². The topological polar surface area (TPSA) is 459 Å². The number of hydrogen-bond donors (Lipinski definition) is 14. The van der Waals surface area contributed by atoms with Crippen LogP contribution in [0.4, 0.5) is 10.5 Å². The zero-order chi connectivity index (χ0) is 65.5. The maximum atomic E-state index is 13.5. The molecule has 0 aliphatic rings. The van der Waals surface area contributed by atoms with Gasteiger partial charge in [0.2, 0.25) is 23.6 Å². The summed E-state index contributed by atoms with van der Waals surface area (Å²) in [5.41, 5.74) is 12.4. The lowest BCUT2D eigenvalue weighted by Crippen LogP contribution is -2.56. The Morgan fingerprint density at radius 2 is 0.888 bits per heavy atom. The molecule has 7 amide bonds. The number of hydrogen-bond acceptors (Lipinski definition) is 25. The number of rotatable bonds is 61. The Bertz CT molecular complexity index is 1960. The Balaban J connectivity index is 1.90. The van der Waals surface area contributed by atoms with Crippen LogP contribution in [0.1, 0.15) is 57.9 Å². The zero-order valence-corrected chi connectivity index (χ0v) is 51.9. The van der Waals surface area contributed by atoms with Gasteiger partial charge in [-0.25, -0.2) is 4.79 Å². The van der Waals surface area contributed by atoms with E-state index in [4.69, 9.17) is 73.4 Å². The van der Waals surface area contributed by atoms with E-state index >= 15 is 0 Å². The number of amides is 7. The van der Waals surface area contributed by atoms with Gasteiger partial charge in [-0.05, 0) is 55.7 Å². The first kappa shape index (κ1) is 82.1. The Morgan fingerprint density at radius 3 is 1.30 bits per heavy atom. The van der Waals surface area contributed by atoms with Crippen molar-refractivity contribution in [3.05, 3.63) is 29.8 Å². The van der Waals surface area contributed by atoms with Crippen LogP contribution in [0.25, 0.3) is 0 Å². The molecule has 0 fully saturated rings. The second kappa shape index (κ2) is 55.9. The van der Waals surface area contributed by atoms with Crippen molar-refractivity contribution in [1.29, 1.82) is 0 Å². The molecule has 89 heavy (non-hydrogen) atoms. The average Bonchev–Trinajstić information content (AvgIpc) is 3.72. The van der Waals surface area contributed by atoms with Crippen molar-refractivity contribution in [2.24, 2.45) is 17.4 Å². The Hall–Kier alpha value is -4.92. The Labute approximate surface area is 521 Å². The van der Waals surface area contributed by atoms with Crippen LogP contribution in [0, 0.1) is 5.92 Å². The molecule has 0 unspecified atom stereocenters. The molecule has 1 aromatic carbocycles. The van der Waals surface area contributed by atoms with Crippen molar-refractivity contribution in [2.45, 2.75) is 102 Å². The highest BCUT2D eigenvalue weighted by Gasteiger charge is 2.34. The van der Waals surface area contributed by atoms with E-state index in [1.54, 1.807) is 38.1 Å². The van der Waals surface area contributed by atoms with Gasteiger partial charge in [-0.2, -0.15) is 0 Å². The predicted octanol–water partition coefficient (Wildman–Crippen LogP) is -4.05. The third-order valence-corrected chi connectivity index (χ3v) is 12.5. The minimum atomic E-state index is -2.00. The standard InChI is InChI=1S/C57H104N8O24/c1-42(2)49(55(75)64-46(7-5-14-62-57(59)77)54(74)63-44-10-8-43(40-66)9-11-44)65-53(73)45(58)6-3-4-13-60-48(69)12-16-78-18-20-80-22-24-82-26-28-84-30-32-86-34-36-88-38-39-89-37-35-87-33-31-85-29-27-83-25-23-81-21-19-79-17-15-61-56(76)52(72)51(71)50(70)47(68)41-67/h8-11,42,45-47,49-52,66-68,70-72H,3-7,12-41,58H2,1-2H3,(H,60,69)(H,61,76)(H,63,74)(H,64,75)(H,65,73)(H3,59,62,77)/t45-,46-,47+,49-,50+,51-,52+/m0/s1. The van der Waals surface area contributed by atoms with Crippen molar-refractivity contribution in [1.82, 2.24) is 26.6 Å². The van der Waals surface area contributed by atoms with E-state index < -0.39 is 78.8 Å². The molecule has 0 aliphatic heterocycles. The monoisotopic (exact) mass is 1280 g/mol. The summed E-state index contributed by atoms with van der Waals surface area (Å²) in [6.07, 6.45) is -5.52. The van der Waals surface area contributed by atoms with Crippen LogP contribution in [0.5, 0.6) is 0 Å². The molecule has 1 aromatic rings. The molecule has 0 aromatic heterocycles. The molecule has 0 radical (unpaired) electrons. The molecule has 516 valence electrons. The summed E-state index contributed by atoms with van der Waals surface area (Å²) in [6.45, 7) is 11.9. The van der Waals surface area contributed by atoms with Crippen LogP contribution in [-0.2, 0) is 87.4 Å². The third kappa shape index (κ3) is 45.1. The molecule has 7 atom stereocenters. The third-order valence-electron chi connectivity index (χ3n) is 12.5. The highest BCUT2D eigenvalue weighted by Crippen LogP contribution is 2.13. The van der Waals surface area contributed by atoms with Gasteiger partial charge in [-0.15, -0.1) is 0 Å². The van der Waals surface area contributed by atoms with Gasteiger partial charge < -0.3 is 131 Å². The second-order valence-corrected chi connectivity index (χ2v) is 20.1. The lowest BCUT2D eigenvalue weighted by molar-refractivity contribution is -0.149. The molecular weight excluding hydrogens is 1180 g/mol. The minimum absolute atomic E-state index is 0.0239. The van der Waals surface area contributed by atoms with Crippen molar-refractivity contribution >= 4 is 41.3 Å². The van der Waals surface area contributed by atoms with E-state index in [2.05, 4.69) is 31.9 Å². The number of aliphatic hydroxyl groups excluding tert-OH is 6. The summed E-state index contributed by atoms with van der Waals surface area (Å²) < 4.78 is 65.6. The molecule has 0 saturated carbocycles. The fraction of sp³-hybridized carbons (Fsp3) is 0.789. The lowest BCUT2D eigenvalue weighted by Gasteiger charge is -2.26. The fourth-order valence-electron chi connectivity index (χ4n) is 7.42. The van der Waals surface area contributed by atoms with Crippen molar-refractivity contribution in [2.75, 3.05) is 190 Å². The molecule has 1 rings (SSSR count). The SMILES string of the molecule is CC(C)[C@H](NC(=O)[C@@H](N)CCCCNC(=O)CCOCCOCCOCCOCCOCCOCCOCCOCCOCCOCCOCCOCCNC(=O)[C@H](O)[C@@H](O)[C@H](O)[C@H](O)CO)C(=O)N[C@@H](CCCNC(N)=O)C(=O)Nc1ccc(CO)cc1. The highest BCUT2D eigenvalue weighted by atomic mass is 16.6. The number of ether oxygens (including phenoxy) is 12. The van der Waals surface area contributed by atoms with E-state index in [0.717, 1.165) is 0 Å². The summed E-state index contributed by atoms with van der Waals surface area (Å²) >= 11 is 0. The molecule has 0 bridgehead atoms. The van der Waals surface area contributed by atoms with Gasteiger partial charge >= 0.3 is 6.03 Å². The summed E-state index contributed by atoms with van der Waals surface area (Å²) in [7, 11) is 0. The molecule has 0 aliphatic carbocycles. The van der Waals surface area contributed by atoms with Gasteiger partial charge in [0.15, 0.2) is 6.10 Å². The van der Waals surface area contributed by atoms with Crippen LogP contribution in [0.2, 0.25) is 0 Å². The molecular formula is C57H104N8O24. The first-order chi connectivity index (χ1) is 43.0. The number of anilines is 1. The van der Waals surface area contributed by atoms with Crippen LogP contribution in [0.15, 0.2) is 24.3 Å². The zero-order valence-electron chi connectivity index (χ0n) is 51.9. The smallest absolute Gasteiger partial charge is 0.312 e. The predicted molar refractivity (Wildman–Crippen MR) is 320 cm³/mol. The van der Waals surface area contributed by atoms with Crippen molar-refractivity contribution in [3.63, 3.8) is 0 Å². The number of unbranched alkanes of at least 4 members (excludes halogenated alkanes) is 1. The van der Waals surface area contributed by atoms with Gasteiger partial charge in [0.25, 0.3) is 5.91 Å². The summed E-state index contributed by atoms with van der Waals surface area (Å²) in [4.78, 5) is 75.1. The van der Waals surface area contributed by atoms with Crippen LogP contribution in [-0.4, -0.2) is 294 Å². The van der Waals surface area contributed by atoms with Gasteiger partial charge in [0.1, 0.15) is 30.4 Å². The summed E-state index contributed by atoms with van der Waals surface area (Å²) in [5.74, 6) is -3.13. The van der Waals surface area contributed by atoms with Crippen molar-refractivity contribution in [3.8, 4) is 0 Å². The molecule has 16 N–H and O–H groups in total. The minimum Gasteiger partial charge on any atom is -0.394 e. The van der Waals surface area contributed by atoms with E-state index in [1.165, 1.54) is 0 Å². The second-order valence-electron chi connectivity index (χ2n) is 20.1. The maximum Gasteiger partial charge on any atom is 0.312 e. The summed E-state index contributed by atoms with van der Waals surface area (Å²) in [6, 6.07) is 2.89. The van der Waals surface area contributed by atoms with Gasteiger partial charge in [-0.3, -0.25) is 24.0 Å². The van der Waals surface area contributed by atoms with E-state index in [-0.39, 0.29) is 70.8 Å². The number of nitrogens with one attached hydrogen (secondary N) is 6. The molecule has 32 nitrogen and oxygen atoms in total. The number of carbonyl (C=O) groups is 6. The fourth-order valence-corrected chi connectivity index (χ4v) is 7.42. The number of urea groups is 1. The van der Waals surface area contributed by atoms with Gasteiger partial charge in [0.05, 0.1) is 178 Å². The number of benzene rings is 1. The molecule has 0 heterocycles. The average molecular weight is 1290 g/mol. The summed E-state index contributed by atoms with van der Waals surface area (Å²) in [5, 5.41) is 72.3. The molecule has 0 saturated heterocycles. The van der Waals surface area contributed by atoms with Crippen LogP contribution >= 0.6 is 0 Å². The number of carbonyl (C=O) groups excluding carboxylic acids is 6. The number of primary amides is 1. The first-order valence-electron chi connectivity index (χ1n) is 30.2. The first-order valence-corrected chi connectivity index (χ1v) is 30.2. The number of nitrogens with two attached hydrogens (primary N) is 2. The van der Waals surface area contributed by atoms with Crippen LogP contribution in [0.3, 0.4) is 0 Å². The normalized spacial score (nSPS) is 13.9. The Kier molecular flexibility index (Phi) is 51.5. The van der Waals surface area contributed by atoms with Crippen molar-refractivity contribution < 1.29 is 116 Å². The van der Waals surface area contributed by atoms with E-state index in [9.17, 15) is 54.3 Å². The van der Waals surface area contributed by atoms with Crippen LogP contribution < -0.4 is 43.4 Å². The number of aliphatic hydroxyl groups is 6. The van der Waals surface area contributed by atoms with Gasteiger partial charge in [-0.1, -0.05) is 26.0 Å². The Morgan fingerprint density at radius 1 is 0.461 bits per heavy atom. The largest absolute Gasteiger partial charge is 0.394 e. The van der Waals surface area contributed by atoms with E-state index in [0.29, 0.717) is 176 Å². The maximum absolute atomic E-state index is 13.5. The quantitative estimate of drug-likeness (QED) is 0.0276. The molecule has 0 spiro atoms. The molecule has 32 heteroatoms. The lowest BCUT2D eigenvalue weighted by atomic mass is 10.0.